The molecule has 0 aliphatic heterocycles. The highest BCUT2D eigenvalue weighted by Crippen LogP contribution is 2.29. The number of nitrogens with two attached hydrogens (primary N) is 1. The summed E-state index contributed by atoms with van der Waals surface area (Å²) >= 11 is 1.73. The van der Waals surface area contributed by atoms with Crippen LogP contribution in [0.1, 0.15) is 22.0 Å². The third kappa shape index (κ3) is 1.94. The molecule has 0 aliphatic rings. The minimum Gasteiger partial charge on any atom is -0.320 e. The second-order valence-electron chi connectivity index (χ2n) is 4.55. The van der Waals surface area contributed by atoms with Gasteiger partial charge in [-0.2, -0.15) is 0 Å². The SMILES string of the molecule is Cc1ccsc1C(N)c1ccc2ccccc2c1. The lowest BCUT2D eigenvalue weighted by Crippen LogP contribution is -2.11. The van der Waals surface area contributed by atoms with E-state index in [9.17, 15) is 0 Å². The summed E-state index contributed by atoms with van der Waals surface area (Å²) in [5, 5.41) is 4.61. The average molecular weight is 253 g/mol. The lowest BCUT2D eigenvalue weighted by molar-refractivity contribution is 0.887. The fraction of sp³-hybridized carbons (Fsp3) is 0.125. The van der Waals surface area contributed by atoms with E-state index in [1.165, 1.54) is 26.8 Å². The van der Waals surface area contributed by atoms with Crippen molar-refractivity contribution in [1.82, 2.24) is 0 Å². The molecular formula is C16H15NS. The first-order valence-electron chi connectivity index (χ1n) is 6.04. The number of rotatable bonds is 2. The van der Waals surface area contributed by atoms with Crippen LogP contribution in [0, 0.1) is 6.92 Å². The van der Waals surface area contributed by atoms with Crippen molar-refractivity contribution in [3.63, 3.8) is 0 Å². The number of thiophene rings is 1. The molecule has 0 aliphatic carbocycles. The van der Waals surface area contributed by atoms with Gasteiger partial charge in [0.2, 0.25) is 0 Å². The summed E-state index contributed by atoms with van der Waals surface area (Å²) in [7, 11) is 0. The van der Waals surface area contributed by atoms with Crippen molar-refractivity contribution in [3.8, 4) is 0 Å². The van der Waals surface area contributed by atoms with E-state index in [-0.39, 0.29) is 6.04 Å². The Morgan fingerprint density at radius 1 is 1.00 bits per heavy atom. The molecule has 2 aromatic carbocycles. The zero-order valence-corrected chi connectivity index (χ0v) is 11.1. The molecule has 2 N–H and O–H groups in total. The Labute approximate surface area is 111 Å². The maximum Gasteiger partial charge on any atom is 0.0648 e. The Bertz CT molecular complexity index is 684. The number of benzene rings is 2. The Morgan fingerprint density at radius 3 is 2.50 bits per heavy atom. The van der Waals surface area contributed by atoms with E-state index in [1.807, 2.05) is 0 Å². The minimum absolute atomic E-state index is 0.0189. The zero-order chi connectivity index (χ0) is 12.5. The fourth-order valence-electron chi connectivity index (χ4n) is 2.26. The van der Waals surface area contributed by atoms with Crippen LogP contribution in [0.15, 0.2) is 53.9 Å². The molecule has 3 rings (SSSR count). The van der Waals surface area contributed by atoms with Crippen LogP contribution in [0.4, 0.5) is 0 Å². The summed E-state index contributed by atoms with van der Waals surface area (Å²) in [5.74, 6) is 0. The summed E-state index contributed by atoms with van der Waals surface area (Å²) in [6.45, 7) is 2.12. The molecule has 0 spiro atoms. The monoisotopic (exact) mass is 253 g/mol. The van der Waals surface area contributed by atoms with Crippen molar-refractivity contribution in [1.29, 1.82) is 0 Å². The standard InChI is InChI=1S/C16H15NS/c1-11-8-9-18-16(11)15(17)14-7-6-12-4-2-3-5-13(12)10-14/h2-10,15H,17H2,1H3. The molecule has 1 atom stereocenters. The minimum atomic E-state index is -0.0189. The lowest BCUT2D eigenvalue weighted by Gasteiger charge is -2.12. The molecule has 0 amide bonds. The van der Waals surface area contributed by atoms with Gasteiger partial charge in [0.05, 0.1) is 6.04 Å². The highest BCUT2D eigenvalue weighted by Gasteiger charge is 2.12. The summed E-state index contributed by atoms with van der Waals surface area (Å²) < 4.78 is 0. The molecule has 0 saturated carbocycles. The first-order chi connectivity index (χ1) is 8.75. The average Bonchev–Trinajstić information content (AvgIpc) is 2.83. The van der Waals surface area contributed by atoms with Crippen molar-refractivity contribution in [2.45, 2.75) is 13.0 Å². The molecule has 0 saturated heterocycles. The molecule has 90 valence electrons. The molecule has 18 heavy (non-hydrogen) atoms. The Morgan fingerprint density at radius 2 is 1.78 bits per heavy atom. The van der Waals surface area contributed by atoms with Gasteiger partial charge in [0.1, 0.15) is 0 Å². The molecule has 1 nitrogen and oxygen atoms in total. The van der Waals surface area contributed by atoms with Gasteiger partial charge < -0.3 is 5.73 Å². The van der Waals surface area contributed by atoms with Crippen molar-refractivity contribution in [2.75, 3.05) is 0 Å². The summed E-state index contributed by atoms with van der Waals surface area (Å²) in [5.41, 5.74) is 8.82. The van der Waals surface area contributed by atoms with Gasteiger partial charge in [-0.15, -0.1) is 11.3 Å². The Hall–Kier alpha value is -1.64. The molecule has 3 aromatic rings. The molecular weight excluding hydrogens is 238 g/mol. The van der Waals surface area contributed by atoms with Gasteiger partial charge in [-0.1, -0.05) is 36.4 Å². The molecule has 2 heteroatoms. The molecule has 0 radical (unpaired) electrons. The molecule has 1 heterocycles. The van der Waals surface area contributed by atoms with Crippen molar-refractivity contribution < 1.29 is 0 Å². The first kappa shape index (κ1) is 11.5. The first-order valence-corrected chi connectivity index (χ1v) is 6.92. The topological polar surface area (TPSA) is 26.0 Å². The normalized spacial score (nSPS) is 12.8. The highest BCUT2D eigenvalue weighted by atomic mass is 32.1. The quantitative estimate of drug-likeness (QED) is 0.725. The lowest BCUT2D eigenvalue weighted by atomic mass is 10.00. The van der Waals surface area contributed by atoms with Crippen LogP contribution in [0.25, 0.3) is 10.8 Å². The van der Waals surface area contributed by atoms with Crippen LogP contribution in [0.3, 0.4) is 0 Å². The molecule has 0 fully saturated rings. The molecule has 1 unspecified atom stereocenters. The van der Waals surface area contributed by atoms with E-state index < -0.39 is 0 Å². The van der Waals surface area contributed by atoms with Gasteiger partial charge in [-0.05, 0) is 46.3 Å². The fourth-order valence-corrected chi connectivity index (χ4v) is 3.21. The largest absolute Gasteiger partial charge is 0.320 e. The van der Waals surface area contributed by atoms with E-state index >= 15 is 0 Å². The smallest absolute Gasteiger partial charge is 0.0648 e. The van der Waals surface area contributed by atoms with Crippen molar-refractivity contribution >= 4 is 22.1 Å². The van der Waals surface area contributed by atoms with Crippen LogP contribution in [-0.4, -0.2) is 0 Å². The third-order valence-corrected chi connectivity index (χ3v) is 4.42. The summed E-state index contributed by atoms with van der Waals surface area (Å²) in [6, 6.07) is 17.0. The van der Waals surface area contributed by atoms with Gasteiger partial charge >= 0.3 is 0 Å². The van der Waals surface area contributed by atoms with E-state index in [1.54, 1.807) is 11.3 Å². The van der Waals surface area contributed by atoms with E-state index in [0.29, 0.717) is 0 Å². The van der Waals surface area contributed by atoms with Crippen LogP contribution in [0.5, 0.6) is 0 Å². The van der Waals surface area contributed by atoms with Crippen molar-refractivity contribution in [2.24, 2.45) is 5.73 Å². The van der Waals surface area contributed by atoms with Gasteiger partial charge in [-0.25, -0.2) is 0 Å². The highest BCUT2D eigenvalue weighted by molar-refractivity contribution is 7.10. The van der Waals surface area contributed by atoms with Crippen molar-refractivity contribution in [3.05, 3.63) is 69.9 Å². The van der Waals surface area contributed by atoms with Crippen LogP contribution in [0.2, 0.25) is 0 Å². The molecule has 0 bridgehead atoms. The van der Waals surface area contributed by atoms with Gasteiger partial charge in [0, 0.05) is 4.88 Å². The molecule has 1 aromatic heterocycles. The van der Waals surface area contributed by atoms with Gasteiger partial charge in [0.15, 0.2) is 0 Å². The zero-order valence-electron chi connectivity index (χ0n) is 10.3. The maximum absolute atomic E-state index is 6.36. The summed E-state index contributed by atoms with van der Waals surface area (Å²) in [6.07, 6.45) is 0. The van der Waals surface area contributed by atoms with Crippen LogP contribution in [-0.2, 0) is 0 Å². The number of hydrogen-bond donors (Lipinski definition) is 1. The van der Waals surface area contributed by atoms with Gasteiger partial charge in [-0.3, -0.25) is 0 Å². The summed E-state index contributed by atoms with van der Waals surface area (Å²) in [4.78, 5) is 1.25. The van der Waals surface area contributed by atoms with Gasteiger partial charge in [0.25, 0.3) is 0 Å². The predicted molar refractivity (Wildman–Crippen MR) is 79.0 cm³/mol. The Kier molecular flexibility index (Phi) is 2.90. The third-order valence-electron chi connectivity index (χ3n) is 3.32. The van der Waals surface area contributed by atoms with Crippen LogP contribution < -0.4 is 5.73 Å². The van der Waals surface area contributed by atoms with E-state index in [2.05, 4.69) is 60.8 Å². The Balaban J connectivity index is 2.07. The maximum atomic E-state index is 6.36. The second-order valence-corrected chi connectivity index (χ2v) is 5.50. The predicted octanol–water partition coefficient (Wildman–Crippen LogP) is 4.26. The van der Waals surface area contributed by atoms with Crippen LogP contribution >= 0.6 is 11.3 Å². The number of hydrogen-bond acceptors (Lipinski definition) is 2. The number of aryl methyl sites for hydroxylation is 1. The van der Waals surface area contributed by atoms with E-state index in [4.69, 9.17) is 5.73 Å². The number of fused-ring (bicyclic) bond motifs is 1. The second kappa shape index (κ2) is 4.56. The van der Waals surface area contributed by atoms with E-state index in [0.717, 1.165) is 0 Å².